The predicted octanol–water partition coefficient (Wildman–Crippen LogP) is -0.00620. The summed E-state index contributed by atoms with van der Waals surface area (Å²) in [4.78, 5) is 3.89. The van der Waals surface area contributed by atoms with Gasteiger partial charge in [-0.1, -0.05) is 0 Å². The first kappa shape index (κ1) is 4.30. The molecule has 1 heterocycles. The van der Waals surface area contributed by atoms with Gasteiger partial charge in [-0.05, 0) is 6.92 Å². The van der Waals surface area contributed by atoms with E-state index >= 15 is 0 Å². The van der Waals surface area contributed by atoms with Crippen LogP contribution in [0, 0.1) is 0 Å². The predicted molar refractivity (Wildman–Crippen MR) is 29.6 cm³/mol. The topological polar surface area (TPSA) is 36.8 Å². The summed E-state index contributed by atoms with van der Waals surface area (Å²) in [5, 5.41) is 3.85. The summed E-state index contributed by atoms with van der Waals surface area (Å²) >= 11 is 0. The van der Waals surface area contributed by atoms with Crippen LogP contribution in [0.25, 0.3) is 0 Å². The van der Waals surface area contributed by atoms with E-state index in [0.717, 1.165) is 5.71 Å². The molecule has 0 spiro atoms. The van der Waals surface area contributed by atoms with E-state index in [1.807, 2.05) is 6.92 Å². The molecule has 0 amide bonds. The zero-order valence-corrected chi connectivity index (χ0v) is 4.18. The fourth-order valence-electron chi connectivity index (χ4n) is 0.408. The van der Waals surface area contributed by atoms with E-state index in [1.54, 1.807) is 6.21 Å². The highest BCUT2D eigenvalue weighted by atomic mass is 15.3. The third-order valence-electron chi connectivity index (χ3n) is 0.696. The second-order valence-corrected chi connectivity index (χ2v) is 1.38. The maximum Gasteiger partial charge on any atom is 0.123 e. The van der Waals surface area contributed by atoms with E-state index in [-0.39, 0.29) is 0 Å². The molecule has 0 aromatic carbocycles. The van der Waals surface area contributed by atoms with Crippen LogP contribution >= 0.6 is 0 Å². The van der Waals surface area contributed by atoms with Crippen molar-refractivity contribution < 1.29 is 0 Å². The SMILES string of the molecule is CC1=NNCN=C1. The first-order valence-electron chi connectivity index (χ1n) is 2.16. The summed E-state index contributed by atoms with van der Waals surface area (Å²) < 4.78 is 0. The van der Waals surface area contributed by atoms with Crippen molar-refractivity contribution in [2.24, 2.45) is 10.1 Å². The fraction of sp³-hybridized carbons (Fsp3) is 0.500. The molecule has 38 valence electrons. The lowest BCUT2D eigenvalue weighted by atomic mass is 10.5. The van der Waals surface area contributed by atoms with Gasteiger partial charge in [0.15, 0.2) is 0 Å². The molecule has 0 saturated heterocycles. The van der Waals surface area contributed by atoms with Crippen molar-refractivity contribution in [3.63, 3.8) is 0 Å². The summed E-state index contributed by atoms with van der Waals surface area (Å²) in [6.07, 6.45) is 1.75. The van der Waals surface area contributed by atoms with Crippen LogP contribution in [0.1, 0.15) is 6.92 Å². The van der Waals surface area contributed by atoms with Gasteiger partial charge in [0.1, 0.15) is 6.67 Å². The van der Waals surface area contributed by atoms with Gasteiger partial charge in [0.05, 0.1) is 5.71 Å². The highest BCUT2D eigenvalue weighted by Gasteiger charge is 1.86. The molecule has 0 aromatic rings. The zero-order valence-electron chi connectivity index (χ0n) is 4.18. The molecule has 1 N–H and O–H groups in total. The standard InChI is InChI=1S/C4H7N3/c1-4-2-5-3-6-7-4/h2,6H,3H2,1H3. The van der Waals surface area contributed by atoms with Gasteiger partial charge in [-0.15, -0.1) is 0 Å². The van der Waals surface area contributed by atoms with Crippen LogP contribution in [0.4, 0.5) is 0 Å². The maximum atomic E-state index is 3.89. The van der Waals surface area contributed by atoms with Gasteiger partial charge in [0.2, 0.25) is 0 Å². The highest BCUT2D eigenvalue weighted by Crippen LogP contribution is 1.76. The van der Waals surface area contributed by atoms with Crippen LogP contribution < -0.4 is 5.43 Å². The summed E-state index contributed by atoms with van der Waals surface area (Å²) in [5.74, 6) is 0. The van der Waals surface area contributed by atoms with Crippen molar-refractivity contribution in [3.8, 4) is 0 Å². The lowest BCUT2D eigenvalue weighted by molar-refractivity contribution is 0.756. The lowest BCUT2D eigenvalue weighted by Gasteiger charge is -1.99. The molecule has 3 nitrogen and oxygen atoms in total. The van der Waals surface area contributed by atoms with E-state index in [1.165, 1.54) is 0 Å². The lowest BCUT2D eigenvalue weighted by Crippen LogP contribution is -2.14. The van der Waals surface area contributed by atoms with Gasteiger partial charge >= 0.3 is 0 Å². The minimum absolute atomic E-state index is 0.622. The Morgan fingerprint density at radius 3 is 3.00 bits per heavy atom. The highest BCUT2D eigenvalue weighted by molar-refractivity contribution is 6.29. The molecule has 3 heteroatoms. The van der Waals surface area contributed by atoms with E-state index in [4.69, 9.17) is 0 Å². The Hall–Kier alpha value is -0.860. The Morgan fingerprint density at radius 2 is 2.71 bits per heavy atom. The van der Waals surface area contributed by atoms with E-state index in [9.17, 15) is 0 Å². The van der Waals surface area contributed by atoms with Crippen molar-refractivity contribution >= 4 is 11.9 Å². The number of hydrogen-bond donors (Lipinski definition) is 1. The maximum absolute atomic E-state index is 3.89. The minimum Gasteiger partial charge on any atom is -0.288 e. The zero-order chi connectivity index (χ0) is 5.11. The van der Waals surface area contributed by atoms with Crippen molar-refractivity contribution in [2.75, 3.05) is 6.67 Å². The van der Waals surface area contributed by atoms with Gasteiger partial charge < -0.3 is 0 Å². The van der Waals surface area contributed by atoms with Crippen LogP contribution in [0.3, 0.4) is 0 Å². The first-order chi connectivity index (χ1) is 3.39. The van der Waals surface area contributed by atoms with Gasteiger partial charge in [0.25, 0.3) is 0 Å². The number of aliphatic imine (C=N–C) groups is 1. The van der Waals surface area contributed by atoms with Crippen LogP contribution in [0.2, 0.25) is 0 Å². The molecule has 0 aliphatic carbocycles. The quantitative estimate of drug-likeness (QED) is 0.453. The van der Waals surface area contributed by atoms with Crippen molar-refractivity contribution in [2.45, 2.75) is 6.92 Å². The molecule has 1 aliphatic heterocycles. The monoisotopic (exact) mass is 97.1 g/mol. The molecular weight excluding hydrogens is 90.1 g/mol. The first-order valence-corrected chi connectivity index (χ1v) is 2.16. The molecule has 0 bridgehead atoms. The third kappa shape index (κ3) is 0.994. The summed E-state index contributed by atoms with van der Waals surface area (Å²) in [6, 6.07) is 0. The van der Waals surface area contributed by atoms with Crippen molar-refractivity contribution in [3.05, 3.63) is 0 Å². The average molecular weight is 97.1 g/mol. The molecular formula is C4H7N3. The van der Waals surface area contributed by atoms with Crippen LogP contribution in [-0.4, -0.2) is 18.6 Å². The third-order valence-corrected chi connectivity index (χ3v) is 0.696. The normalized spacial score (nSPS) is 18.1. The minimum atomic E-state index is 0.622. The largest absolute Gasteiger partial charge is 0.288 e. The van der Waals surface area contributed by atoms with Gasteiger partial charge in [0, 0.05) is 6.21 Å². The Bertz CT molecular complexity index is 114. The Balaban J connectivity index is 2.58. The van der Waals surface area contributed by atoms with Gasteiger partial charge in [-0.2, -0.15) is 5.10 Å². The molecule has 0 aromatic heterocycles. The number of hydrazone groups is 1. The molecule has 0 unspecified atom stereocenters. The molecule has 0 saturated carbocycles. The second kappa shape index (κ2) is 1.73. The van der Waals surface area contributed by atoms with Gasteiger partial charge in [-0.25, -0.2) is 0 Å². The average Bonchev–Trinajstić information content (AvgIpc) is 1.69. The Morgan fingerprint density at radius 1 is 1.86 bits per heavy atom. The summed E-state index contributed by atoms with van der Waals surface area (Å²) in [5.41, 5.74) is 3.66. The number of hydrogen-bond acceptors (Lipinski definition) is 3. The van der Waals surface area contributed by atoms with Crippen LogP contribution in [-0.2, 0) is 0 Å². The van der Waals surface area contributed by atoms with Crippen LogP contribution in [0.5, 0.6) is 0 Å². The molecule has 0 atom stereocenters. The summed E-state index contributed by atoms with van der Waals surface area (Å²) in [7, 11) is 0. The molecule has 0 radical (unpaired) electrons. The Labute approximate surface area is 42.1 Å². The number of nitrogens with zero attached hydrogens (tertiary/aromatic N) is 2. The Kier molecular flexibility index (Phi) is 1.06. The summed E-state index contributed by atoms with van der Waals surface area (Å²) in [6.45, 7) is 2.52. The van der Waals surface area contributed by atoms with E-state index in [0.29, 0.717) is 6.67 Å². The fourth-order valence-corrected chi connectivity index (χ4v) is 0.408. The van der Waals surface area contributed by atoms with E-state index < -0.39 is 0 Å². The van der Waals surface area contributed by atoms with Gasteiger partial charge in [-0.3, -0.25) is 10.4 Å². The number of nitrogens with one attached hydrogen (secondary N) is 1. The second-order valence-electron chi connectivity index (χ2n) is 1.38. The van der Waals surface area contributed by atoms with Crippen molar-refractivity contribution in [1.82, 2.24) is 5.43 Å². The number of rotatable bonds is 0. The molecule has 7 heavy (non-hydrogen) atoms. The molecule has 1 aliphatic rings. The smallest absolute Gasteiger partial charge is 0.123 e. The molecule has 1 rings (SSSR count). The van der Waals surface area contributed by atoms with Crippen molar-refractivity contribution in [1.29, 1.82) is 0 Å². The molecule has 0 fully saturated rings. The van der Waals surface area contributed by atoms with E-state index in [2.05, 4.69) is 15.5 Å². The van der Waals surface area contributed by atoms with Crippen LogP contribution in [0.15, 0.2) is 10.1 Å².